The van der Waals surface area contributed by atoms with Crippen molar-refractivity contribution in [2.75, 3.05) is 17.2 Å². The first-order chi connectivity index (χ1) is 9.20. The van der Waals surface area contributed by atoms with Gasteiger partial charge in [0.25, 0.3) is 5.91 Å². The molecule has 0 atom stereocenters. The van der Waals surface area contributed by atoms with E-state index in [1.54, 1.807) is 0 Å². The lowest BCUT2D eigenvalue weighted by Gasteiger charge is -2.08. The minimum atomic E-state index is -0.0906. The third-order valence-electron chi connectivity index (χ3n) is 2.65. The van der Waals surface area contributed by atoms with Gasteiger partial charge in [0.15, 0.2) is 0 Å². The number of hydrogen-bond acceptors (Lipinski definition) is 2. The van der Waals surface area contributed by atoms with Crippen LogP contribution >= 0.6 is 22.6 Å². The minimum absolute atomic E-state index is 0.0906. The van der Waals surface area contributed by atoms with Crippen LogP contribution in [-0.2, 0) is 0 Å². The average molecular weight is 366 g/mol. The Balaban J connectivity index is 2.10. The fourth-order valence-corrected chi connectivity index (χ4v) is 2.22. The predicted octanol–water partition coefficient (Wildman–Crippen LogP) is 3.98. The standard InChI is InChI=1S/C15H15IN2O/c1-2-17-12-9-7-11(8-10-12)15(19)18-14-6-4-3-5-13(14)16/h3-10,17H,2H2,1H3,(H,18,19). The van der Waals surface area contributed by atoms with Gasteiger partial charge in [-0.2, -0.15) is 0 Å². The summed E-state index contributed by atoms with van der Waals surface area (Å²) in [6, 6.07) is 15.2. The molecule has 19 heavy (non-hydrogen) atoms. The fourth-order valence-electron chi connectivity index (χ4n) is 1.70. The summed E-state index contributed by atoms with van der Waals surface area (Å²) in [5.41, 5.74) is 2.51. The number of halogens is 1. The van der Waals surface area contributed by atoms with E-state index in [2.05, 4.69) is 33.2 Å². The summed E-state index contributed by atoms with van der Waals surface area (Å²) >= 11 is 2.20. The van der Waals surface area contributed by atoms with Crippen molar-refractivity contribution in [2.24, 2.45) is 0 Å². The lowest BCUT2D eigenvalue weighted by atomic mass is 10.2. The molecular formula is C15H15IN2O. The van der Waals surface area contributed by atoms with E-state index in [-0.39, 0.29) is 5.91 Å². The second-order valence-electron chi connectivity index (χ2n) is 4.04. The molecule has 0 saturated heterocycles. The molecule has 2 aromatic carbocycles. The number of rotatable bonds is 4. The van der Waals surface area contributed by atoms with E-state index in [0.29, 0.717) is 5.56 Å². The van der Waals surface area contributed by atoms with E-state index in [1.165, 1.54) is 0 Å². The smallest absolute Gasteiger partial charge is 0.255 e. The lowest BCUT2D eigenvalue weighted by Crippen LogP contribution is -2.12. The van der Waals surface area contributed by atoms with Crippen LogP contribution in [0.5, 0.6) is 0 Å². The Morgan fingerprint density at radius 1 is 1.11 bits per heavy atom. The Kier molecular flexibility index (Phi) is 4.79. The SMILES string of the molecule is CCNc1ccc(C(=O)Nc2ccccc2I)cc1. The van der Waals surface area contributed by atoms with Gasteiger partial charge in [0.2, 0.25) is 0 Å². The third-order valence-corrected chi connectivity index (χ3v) is 3.59. The highest BCUT2D eigenvalue weighted by Gasteiger charge is 2.07. The molecular weight excluding hydrogens is 351 g/mol. The van der Waals surface area contributed by atoms with Gasteiger partial charge in [-0.25, -0.2) is 0 Å². The molecule has 1 amide bonds. The van der Waals surface area contributed by atoms with Crippen molar-refractivity contribution >= 4 is 39.9 Å². The van der Waals surface area contributed by atoms with Crippen LogP contribution < -0.4 is 10.6 Å². The number of carbonyl (C=O) groups excluding carboxylic acids is 1. The van der Waals surface area contributed by atoms with Gasteiger partial charge < -0.3 is 10.6 Å². The monoisotopic (exact) mass is 366 g/mol. The molecule has 98 valence electrons. The zero-order chi connectivity index (χ0) is 13.7. The van der Waals surface area contributed by atoms with Crippen molar-refractivity contribution in [3.8, 4) is 0 Å². The minimum Gasteiger partial charge on any atom is -0.385 e. The van der Waals surface area contributed by atoms with Crippen molar-refractivity contribution in [1.82, 2.24) is 0 Å². The van der Waals surface area contributed by atoms with Gasteiger partial charge in [0, 0.05) is 21.4 Å². The molecule has 3 nitrogen and oxygen atoms in total. The molecule has 0 bridgehead atoms. The summed E-state index contributed by atoms with van der Waals surface area (Å²) in [6.45, 7) is 2.91. The summed E-state index contributed by atoms with van der Waals surface area (Å²) in [5, 5.41) is 6.11. The van der Waals surface area contributed by atoms with Crippen LogP contribution in [0.2, 0.25) is 0 Å². The Hall–Kier alpha value is -1.56. The zero-order valence-electron chi connectivity index (χ0n) is 10.6. The van der Waals surface area contributed by atoms with Gasteiger partial charge in [0.05, 0.1) is 5.69 Å². The molecule has 0 aromatic heterocycles. The predicted molar refractivity (Wildman–Crippen MR) is 87.7 cm³/mol. The molecule has 0 fully saturated rings. The number of para-hydroxylation sites is 1. The fraction of sp³-hybridized carbons (Fsp3) is 0.133. The average Bonchev–Trinajstić information content (AvgIpc) is 2.42. The number of carbonyl (C=O) groups is 1. The maximum absolute atomic E-state index is 12.1. The van der Waals surface area contributed by atoms with E-state index in [4.69, 9.17) is 0 Å². The van der Waals surface area contributed by atoms with Crippen LogP contribution in [0, 0.1) is 3.57 Å². The summed E-state index contributed by atoms with van der Waals surface area (Å²) in [4.78, 5) is 12.1. The maximum Gasteiger partial charge on any atom is 0.255 e. The summed E-state index contributed by atoms with van der Waals surface area (Å²) in [6.07, 6.45) is 0. The van der Waals surface area contributed by atoms with E-state index in [0.717, 1.165) is 21.5 Å². The van der Waals surface area contributed by atoms with Gasteiger partial charge in [-0.05, 0) is 65.9 Å². The molecule has 2 rings (SSSR count). The van der Waals surface area contributed by atoms with Crippen molar-refractivity contribution in [3.63, 3.8) is 0 Å². The Morgan fingerprint density at radius 2 is 1.79 bits per heavy atom. The van der Waals surface area contributed by atoms with Crippen LogP contribution in [-0.4, -0.2) is 12.5 Å². The van der Waals surface area contributed by atoms with Crippen LogP contribution in [0.25, 0.3) is 0 Å². The molecule has 2 aromatic rings. The molecule has 0 heterocycles. The molecule has 0 aliphatic carbocycles. The number of benzene rings is 2. The molecule has 2 N–H and O–H groups in total. The molecule has 0 radical (unpaired) electrons. The quantitative estimate of drug-likeness (QED) is 0.804. The van der Waals surface area contributed by atoms with Crippen LogP contribution in [0.4, 0.5) is 11.4 Å². The summed E-state index contributed by atoms with van der Waals surface area (Å²) in [5.74, 6) is -0.0906. The van der Waals surface area contributed by atoms with E-state index >= 15 is 0 Å². The molecule has 0 unspecified atom stereocenters. The largest absolute Gasteiger partial charge is 0.385 e. The molecule has 0 spiro atoms. The first-order valence-electron chi connectivity index (χ1n) is 6.10. The molecule has 0 aliphatic heterocycles. The van der Waals surface area contributed by atoms with Crippen molar-refractivity contribution in [3.05, 3.63) is 57.7 Å². The highest BCUT2D eigenvalue weighted by Crippen LogP contribution is 2.18. The highest BCUT2D eigenvalue weighted by molar-refractivity contribution is 14.1. The maximum atomic E-state index is 12.1. The van der Waals surface area contributed by atoms with Crippen LogP contribution in [0.15, 0.2) is 48.5 Å². The van der Waals surface area contributed by atoms with Gasteiger partial charge in [-0.1, -0.05) is 12.1 Å². The van der Waals surface area contributed by atoms with Gasteiger partial charge in [-0.15, -0.1) is 0 Å². The second-order valence-corrected chi connectivity index (χ2v) is 5.20. The first-order valence-corrected chi connectivity index (χ1v) is 7.18. The van der Waals surface area contributed by atoms with Crippen molar-refractivity contribution in [2.45, 2.75) is 6.92 Å². The molecule has 0 aliphatic rings. The number of hydrogen-bond donors (Lipinski definition) is 2. The normalized spacial score (nSPS) is 10.0. The van der Waals surface area contributed by atoms with Gasteiger partial charge >= 0.3 is 0 Å². The lowest BCUT2D eigenvalue weighted by molar-refractivity contribution is 0.102. The van der Waals surface area contributed by atoms with E-state index in [1.807, 2.05) is 55.5 Å². The number of amides is 1. The van der Waals surface area contributed by atoms with Crippen molar-refractivity contribution in [1.29, 1.82) is 0 Å². The zero-order valence-corrected chi connectivity index (χ0v) is 12.8. The summed E-state index contributed by atoms with van der Waals surface area (Å²) in [7, 11) is 0. The van der Waals surface area contributed by atoms with E-state index < -0.39 is 0 Å². The summed E-state index contributed by atoms with van der Waals surface area (Å²) < 4.78 is 1.03. The van der Waals surface area contributed by atoms with Gasteiger partial charge in [0.1, 0.15) is 0 Å². The molecule has 0 saturated carbocycles. The Labute approximate surface area is 126 Å². The van der Waals surface area contributed by atoms with Gasteiger partial charge in [-0.3, -0.25) is 4.79 Å². The third kappa shape index (κ3) is 3.70. The van der Waals surface area contributed by atoms with Crippen LogP contribution in [0.3, 0.4) is 0 Å². The molecule has 4 heteroatoms. The number of nitrogens with one attached hydrogen (secondary N) is 2. The first kappa shape index (κ1) is 13.9. The van der Waals surface area contributed by atoms with Crippen LogP contribution in [0.1, 0.15) is 17.3 Å². The topological polar surface area (TPSA) is 41.1 Å². The van der Waals surface area contributed by atoms with Crippen molar-refractivity contribution < 1.29 is 4.79 Å². The Morgan fingerprint density at radius 3 is 2.42 bits per heavy atom. The highest BCUT2D eigenvalue weighted by atomic mass is 127. The van der Waals surface area contributed by atoms with E-state index in [9.17, 15) is 4.79 Å². The number of anilines is 2. The second kappa shape index (κ2) is 6.56. The Bertz CT molecular complexity index is 567.